The Bertz CT molecular complexity index is 280. The molecule has 0 amide bonds. The van der Waals surface area contributed by atoms with Gasteiger partial charge in [0.2, 0.25) is 0 Å². The second-order valence-corrected chi connectivity index (χ2v) is 4.35. The van der Waals surface area contributed by atoms with Gasteiger partial charge in [-0.1, -0.05) is 56.5 Å². The van der Waals surface area contributed by atoms with Gasteiger partial charge < -0.3 is 9.47 Å². The molecule has 0 radical (unpaired) electrons. The highest BCUT2D eigenvalue weighted by atomic mass is 16.7. The van der Waals surface area contributed by atoms with Gasteiger partial charge in [-0.25, -0.2) is 0 Å². The topological polar surface area (TPSA) is 18.5 Å². The van der Waals surface area contributed by atoms with Gasteiger partial charge in [0, 0.05) is 20.1 Å². The third-order valence-corrected chi connectivity index (χ3v) is 3.14. The maximum absolute atomic E-state index is 5.42. The van der Waals surface area contributed by atoms with E-state index in [-0.39, 0.29) is 6.29 Å². The Morgan fingerprint density at radius 1 is 1.00 bits per heavy atom. The fraction of sp³-hybridized carbons (Fsp3) is 0.600. The Morgan fingerprint density at radius 2 is 1.65 bits per heavy atom. The van der Waals surface area contributed by atoms with Gasteiger partial charge in [0.05, 0.1) is 0 Å². The van der Waals surface area contributed by atoms with Crippen LogP contribution in [-0.2, 0) is 9.47 Å². The first-order valence-electron chi connectivity index (χ1n) is 6.44. The van der Waals surface area contributed by atoms with Crippen molar-refractivity contribution in [2.24, 2.45) is 0 Å². The van der Waals surface area contributed by atoms with Crippen LogP contribution in [0.3, 0.4) is 0 Å². The molecule has 0 aliphatic rings. The van der Waals surface area contributed by atoms with Crippen LogP contribution in [0, 0.1) is 0 Å². The van der Waals surface area contributed by atoms with Crippen molar-refractivity contribution in [3.05, 3.63) is 35.9 Å². The molecule has 1 aromatic rings. The largest absolute Gasteiger partial charge is 0.355 e. The number of hydrogen-bond donors (Lipinski definition) is 0. The lowest BCUT2D eigenvalue weighted by atomic mass is 9.92. The molecular formula is C15H24O2. The first-order chi connectivity index (χ1) is 8.33. The van der Waals surface area contributed by atoms with Crippen molar-refractivity contribution in [3.63, 3.8) is 0 Å². The van der Waals surface area contributed by atoms with Gasteiger partial charge >= 0.3 is 0 Å². The van der Waals surface area contributed by atoms with E-state index in [4.69, 9.17) is 9.47 Å². The molecule has 0 heterocycles. The molecule has 0 aliphatic heterocycles. The summed E-state index contributed by atoms with van der Waals surface area (Å²) in [6, 6.07) is 10.5. The van der Waals surface area contributed by atoms with E-state index >= 15 is 0 Å². The smallest absolute Gasteiger partial charge is 0.163 e. The van der Waals surface area contributed by atoms with Gasteiger partial charge in [-0.3, -0.25) is 0 Å². The number of rotatable bonds is 8. The molecular weight excluding hydrogens is 212 g/mol. The Morgan fingerprint density at radius 3 is 2.18 bits per heavy atom. The SMILES string of the molecule is CCCCCC(c1ccccc1)C(OC)OC. The third kappa shape index (κ3) is 4.49. The van der Waals surface area contributed by atoms with E-state index in [0.29, 0.717) is 5.92 Å². The van der Waals surface area contributed by atoms with Crippen molar-refractivity contribution >= 4 is 0 Å². The van der Waals surface area contributed by atoms with Gasteiger partial charge in [-0.05, 0) is 12.0 Å². The summed E-state index contributed by atoms with van der Waals surface area (Å²) in [6.07, 6.45) is 4.70. The molecule has 0 spiro atoms. The summed E-state index contributed by atoms with van der Waals surface area (Å²) >= 11 is 0. The zero-order valence-corrected chi connectivity index (χ0v) is 11.2. The van der Waals surface area contributed by atoms with E-state index in [1.807, 2.05) is 6.07 Å². The van der Waals surface area contributed by atoms with Crippen molar-refractivity contribution < 1.29 is 9.47 Å². The van der Waals surface area contributed by atoms with Crippen molar-refractivity contribution in [2.45, 2.75) is 44.8 Å². The molecule has 2 heteroatoms. The van der Waals surface area contributed by atoms with E-state index in [1.165, 1.54) is 24.8 Å². The summed E-state index contributed by atoms with van der Waals surface area (Å²) in [5.41, 5.74) is 1.30. The van der Waals surface area contributed by atoms with Crippen molar-refractivity contribution in [1.82, 2.24) is 0 Å². The molecule has 1 unspecified atom stereocenters. The number of hydrogen-bond acceptors (Lipinski definition) is 2. The summed E-state index contributed by atoms with van der Waals surface area (Å²) in [6.45, 7) is 2.22. The van der Waals surface area contributed by atoms with Crippen LogP contribution < -0.4 is 0 Å². The lowest BCUT2D eigenvalue weighted by molar-refractivity contribution is -0.119. The van der Waals surface area contributed by atoms with E-state index < -0.39 is 0 Å². The highest BCUT2D eigenvalue weighted by molar-refractivity contribution is 5.20. The fourth-order valence-corrected chi connectivity index (χ4v) is 2.20. The summed E-state index contributed by atoms with van der Waals surface area (Å²) in [7, 11) is 3.42. The van der Waals surface area contributed by atoms with Crippen LogP contribution in [0.4, 0.5) is 0 Å². The minimum Gasteiger partial charge on any atom is -0.355 e. The molecule has 0 aromatic heterocycles. The normalized spacial score (nSPS) is 12.9. The predicted octanol–water partition coefficient (Wildman–Crippen LogP) is 3.97. The van der Waals surface area contributed by atoms with Gasteiger partial charge in [0.1, 0.15) is 0 Å². The fourth-order valence-electron chi connectivity index (χ4n) is 2.20. The second-order valence-electron chi connectivity index (χ2n) is 4.35. The van der Waals surface area contributed by atoms with Crippen LogP contribution in [0.1, 0.15) is 44.1 Å². The number of benzene rings is 1. The Balaban J connectivity index is 2.71. The summed E-state index contributed by atoms with van der Waals surface area (Å²) in [4.78, 5) is 0. The van der Waals surface area contributed by atoms with Crippen LogP contribution in [-0.4, -0.2) is 20.5 Å². The predicted molar refractivity (Wildman–Crippen MR) is 71.1 cm³/mol. The van der Waals surface area contributed by atoms with Gasteiger partial charge in [0.15, 0.2) is 6.29 Å². The monoisotopic (exact) mass is 236 g/mol. The van der Waals surface area contributed by atoms with Crippen LogP contribution >= 0.6 is 0 Å². The quantitative estimate of drug-likeness (QED) is 0.502. The Kier molecular flexibility index (Phi) is 6.90. The molecule has 1 aromatic carbocycles. The summed E-state index contributed by atoms with van der Waals surface area (Å²) in [5, 5.41) is 0. The molecule has 1 rings (SSSR count). The molecule has 17 heavy (non-hydrogen) atoms. The second kappa shape index (κ2) is 8.26. The first kappa shape index (κ1) is 14.2. The first-order valence-corrected chi connectivity index (χ1v) is 6.44. The maximum Gasteiger partial charge on any atom is 0.163 e. The summed E-state index contributed by atoms with van der Waals surface area (Å²) in [5.74, 6) is 0.331. The Hall–Kier alpha value is -0.860. The molecule has 2 nitrogen and oxygen atoms in total. The molecule has 0 bridgehead atoms. The van der Waals surface area contributed by atoms with E-state index in [1.54, 1.807) is 14.2 Å². The molecule has 0 saturated carbocycles. The molecule has 96 valence electrons. The highest BCUT2D eigenvalue weighted by Crippen LogP contribution is 2.27. The molecule has 1 atom stereocenters. The Labute approximate surface area is 105 Å². The van der Waals surface area contributed by atoms with Crippen molar-refractivity contribution in [1.29, 1.82) is 0 Å². The van der Waals surface area contributed by atoms with Crippen LogP contribution in [0.2, 0.25) is 0 Å². The van der Waals surface area contributed by atoms with Gasteiger partial charge in [-0.15, -0.1) is 0 Å². The van der Waals surface area contributed by atoms with E-state index in [9.17, 15) is 0 Å². The van der Waals surface area contributed by atoms with Crippen LogP contribution in [0.5, 0.6) is 0 Å². The molecule has 0 aliphatic carbocycles. The van der Waals surface area contributed by atoms with Crippen LogP contribution in [0.15, 0.2) is 30.3 Å². The number of methoxy groups -OCH3 is 2. The van der Waals surface area contributed by atoms with Crippen molar-refractivity contribution in [2.75, 3.05) is 14.2 Å². The average Bonchev–Trinajstić information content (AvgIpc) is 2.39. The molecule has 0 saturated heterocycles. The lowest BCUT2D eigenvalue weighted by Gasteiger charge is -2.25. The zero-order chi connectivity index (χ0) is 12.5. The summed E-state index contributed by atoms with van der Waals surface area (Å²) < 4.78 is 10.8. The van der Waals surface area contributed by atoms with E-state index in [2.05, 4.69) is 31.2 Å². The zero-order valence-electron chi connectivity index (χ0n) is 11.2. The standard InChI is InChI=1S/C15H24O2/c1-4-5-7-12-14(15(16-2)17-3)13-10-8-6-9-11-13/h6,8-11,14-15H,4-5,7,12H2,1-3H3. The maximum atomic E-state index is 5.42. The third-order valence-electron chi connectivity index (χ3n) is 3.14. The minimum atomic E-state index is -0.144. The average molecular weight is 236 g/mol. The van der Waals surface area contributed by atoms with Crippen molar-refractivity contribution in [3.8, 4) is 0 Å². The van der Waals surface area contributed by atoms with Crippen LogP contribution in [0.25, 0.3) is 0 Å². The number of unbranched alkanes of at least 4 members (excludes halogenated alkanes) is 2. The van der Waals surface area contributed by atoms with E-state index in [0.717, 1.165) is 6.42 Å². The minimum absolute atomic E-state index is 0.144. The number of ether oxygens (including phenoxy) is 2. The van der Waals surface area contributed by atoms with Gasteiger partial charge in [0.25, 0.3) is 0 Å². The lowest BCUT2D eigenvalue weighted by Crippen LogP contribution is -2.23. The van der Waals surface area contributed by atoms with Gasteiger partial charge in [-0.2, -0.15) is 0 Å². The molecule has 0 N–H and O–H groups in total. The highest BCUT2D eigenvalue weighted by Gasteiger charge is 2.21. The molecule has 0 fully saturated rings.